The summed E-state index contributed by atoms with van der Waals surface area (Å²) >= 11 is 0. The van der Waals surface area contributed by atoms with E-state index in [2.05, 4.69) is 4.72 Å². The number of sulfonamides is 1. The Morgan fingerprint density at radius 3 is 2.24 bits per heavy atom. The maximum atomic E-state index is 11.8. The smallest absolute Gasteiger partial charge is 0.211 e. The summed E-state index contributed by atoms with van der Waals surface area (Å²) in [5.74, 6) is 0.693. The molecule has 0 saturated heterocycles. The van der Waals surface area contributed by atoms with E-state index in [1.807, 2.05) is 0 Å². The summed E-state index contributed by atoms with van der Waals surface area (Å²) in [6, 6.07) is 0. The average Bonchev–Trinajstić information content (AvgIpc) is 3.05. The lowest BCUT2D eigenvalue weighted by Crippen LogP contribution is -2.50. The van der Waals surface area contributed by atoms with E-state index in [0.29, 0.717) is 18.2 Å². The van der Waals surface area contributed by atoms with Crippen LogP contribution in [-0.4, -0.2) is 26.3 Å². The van der Waals surface area contributed by atoms with E-state index in [0.717, 1.165) is 38.5 Å². The Bertz CT molecular complexity index is 342. The maximum absolute atomic E-state index is 11.8. The summed E-state index contributed by atoms with van der Waals surface area (Å²) in [5, 5.41) is 0. The minimum Gasteiger partial charge on any atom is -0.324 e. The molecule has 0 spiro atoms. The Balaban J connectivity index is 1.82. The van der Waals surface area contributed by atoms with Crippen molar-refractivity contribution in [3.05, 3.63) is 0 Å². The SMILES string of the molecule is NC1(CNS(=O)(=O)CC2CC2)CCCCCC1. The van der Waals surface area contributed by atoms with Gasteiger partial charge in [-0.15, -0.1) is 0 Å². The van der Waals surface area contributed by atoms with Gasteiger partial charge in [0, 0.05) is 12.1 Å². The molecule has 0 amide bonds. The van der Waals surface area contributed by atoms with E-state index in [4.69, 9.17) is 5.73 Å². The van der Waals surface area contributed by atoms with Gasteiger partial charge in [0.05, 0.1) is 5.75 Å². The van der Waals surface area contributed by atoms with Crippen LogP contribution in [0.1, 0.15) is 51.4 Å². The first-order valence-electron chi connectivity index (χ1n) is 6.75. The van der Waals surface area contributed by atoms with Crippen molar-refractivity contribution in [1.29, 1.82) is 0 Å². The lowest BCUT2D eigenvalue weighted by atomic mass is 9.92. The van der Waals surface area contributed by atoms with Gasteiger partial charge in [0.2, 0.25) is 10.0 Å². The Kier molecular flexibility index (Phi) is 4.10. The fourth-order valence-corrected chi connectivity index (χ4v) is 4.10. The largest absolute Gasteiger partial charge is 0.324 e. The van der Waals surface area contributed by atoms with Crippen molar-refractivity contribution < 1.29 is 8.42 Å². The highest BCUT2D eigenvalue weighted by Gasteiger charge is 2.31. The number of nitrogens with one attached hydrogen (secondary N) is 1. The second kappa shape index (κ2) is 5.24. The summed E-state index contributed by atoms with van der Waals surface area (Å²) in [6.45, 7) is 0.419. The second-order valence-electron chi connectivity index (χ2n) is 5.82. The molecular weight excluding hydrogens is 236 g/mol. The molecule has 2 fully saturated rings. The van der Waals surface area contributed by atoms with Crippen molar-refractivity contribution >= 4 is 10.0 Å². The van der Waals surface area contributed by atoms with Crippen molar-refractivity contribution in [2.24, 2.45) is 11.7 Å². The van der Waals surface area contributed by atoms with Crippen LogP contribution in [0.15, 0.2) is 0 Å². The fraction of sp³-hybridized carbons (Fsp3) is 1.00. The van der Waals surface area contributed by atoms with Gasteiger partial charge in [-0.05, 0) is 31.6 Å². The molecule has 4 nitrogen and oxygen atoms in total. The normalized spacial score (nSPS) is 25.5. The van der Waals surface area contributed by atoms with Gasteiger partial charge in [0.25, 0.3) is 0 Å². The third-order valence-corrected chi connectivity index (χ3v) is 5.39. The van der Waals surface area contributed by atoms with Crippen molar-refractivity contribution in [2.45, 2.75) is 56.9 Å². The van der Waals surface area contributed by atoms with Crippen LogP contribution < -0.4 is 10.5 Å². The van der Waals surface area contributed by atoms with E-state index in [1.165, 1.54) is 12.8 Å². The Hall–Kier alpha value is -0.130. The van der Waals surface area contributed by atoms with E-state index in [1.54, 1.807) is 0 Å². The first-order chi connectivity index (χ1) is 7.99. The molecule has 0 aliphatic heterocycles. The van der Waals surface area contributed by atoms with E-state index in [-0.39, 0.29) is 5.54 Å². The van der Waals surface area contributed by atoms with Crippen molar-refractivity contribution in [1.82, 2.24) is 4.72 Å². The van der Waals surface area contributed by atoms with Crippen LogP contribution in [-0.2, 0) is 10.0 Å². The summed E-state index contributed by atoms with van der Waals surface area (Å²) in [6.07, 6.45) is 8.73. The van der Waals surface area contributed by atoms with Crippen LogP contribution in [0.4, 0.5) is 0 Å². The first kappa shape index (κ1) is 13.3. The van der Waals surface area contributed by atoms with Crippen LogP contribution in [0, 0.1) is 5.92 Å². The molecule has 0 aromatic rings. The molecule has 100 valence electrons. The molecule has 0 unspecified atom stereocenters. The third-order valence-electron chi connectivity index (χ3n) is 3.90. The highest BCUT2D eigenvalue weighted by molar-refractivity contribution is 7.89. The molecule has 0 aromatic carbocycles. The van der Waals surface area contributed by atoms with E-state index in [9.17, 15) is 8.42 Å². The molecule has 0 heterocycles. The van der Waals surface area contributed by atoms with Gasteiger partial charge >= 0.3 is 0 Å². The summed E-state index contributed by atoms with van der Waals surface area (Å²) in [7, 11) is -3.10. The van der Waals surface area contributed by atoms with Crippen LogP contribution in [0.25, 0.3) is 0 Å². The fourth-order valence-electron chi connectivity index (χ4n) is 2.52. The zero-order chi connectivity index (χ0) is 12.4. The molecule has 17 heavy (non-hydrogen) atoms. The second-order valence-corrected chi connectivity index (χ2v) is 7.67. The third kappa shape index (κ3) is 4.56. The molecule has 2 rings (SSSR count). The molecule has 0 atom stereocenters. The highest BCUT2D eigenvalue weighted by atomic mass is 32.2. The first-order valence-corrected chi connectivity index (χ1v) is 8.41. The summed E-state index contributed by atoms with van der Waals surface area (Å²) in [4.78, 5) is 0. The highest BCUT2D eigenvalue weighted by Crippen LogP contribution is 2.30. The topological polar surface area (TPSA) is 72.2 Å². The van der Waals surface area contributed by atoms with Gasteiger partial charge in [0.15, 0.2) is 0 Å². The predicted octanol–water partition coefficient (Wildman–Crippen LogP) is 1.37. The molecule has 2 saturated carbocycles. The Morgan fingerprint density at radius 1 is 1.12 bits per heavy atom. The van der Waals surface area contributed by atoms with Crippen LogP contribution in [0.2, 0.25) is 0 Å². The number of hydrogen-bond donors (Lipinski definition) is 2. The average molecular weight is 260 g/mol. The molecule has 0 radical (unpaired) electrons. The Morgan fingerprint density at radius 2 is 1.71 bits per heavy atom. The van der Waals surface area contributed by atoms with Gasteiger partial charge < -0.3 is 5.73 Å². The lowest BCUT2D eigenvalue weighted by Gasteiger charge is -2.28. The van der Waals surface area contributed by atoms with Crippen LogP contribution in [0.3, 0.4) is 0 Å². The van der Waals surface area contributed by atoms with Crippen LogP contribution >= 0.6 is 0 Å². The summed E-state index contributed by atoms with van der Waals surface area (Å²) in [5.41, 5.74) is 5.97. The van der Waals surface area contributed by atoms with Gasteiger partial charge in [-0.3, -0.25) is 0 Å². The van der Waals surface area contributed by atoms with Gasteiger partial charge in [-0.1, -0.05) is 25.7 Å². The minimum absolute atomic E-state index is 0.295. The summed E-state index contributed by atoms with van der Waals surface area (Å²) < 4.78 is 26.3. The Labute approximate surface area is 104 Å². The molecule has 5 heteroatoms. The van der Waals surface area contributed by atoms with E-state index >= 15 is 0 Å². The number of nitrogens with two attached hydrogens (primary N) is 1. The van der Waals surface area contributed by atoms with Crippen LogP contribution in [0.5, 0.6) is 0 Å². The molecule has 3 N–H and O–H groups in total. The molecule has 0 aromatic heterocycles. The quantitative estimate of drug-likeness (QED) is 0.733. The van der Waals surface area contributed by atoms with E-state index < -0.39 is 10.0 Å². The predicted molar refractivity (Wildman–Crippen MR) is 69.1 cm³/mol. The molecule has 2 aliphatic rings. The lowest BCUT2D eigenvalue weighted by molar-refractivity contribution is 0.369. The number of rotatable bonds is 5. The van der Waals surface area contributed by atoms with Gasteiger partial charge in [-0.2, -0.15) is 0 Å². The zero-order valence-electron chi connectivity index (χ0n) is 10.5. The molecule has 0 bridgehead atoms. The van der Waals surface area contributed by atoms with Crippen molar-refractivity contribution in [3.8, 4) is 0 Å². The molecule has 2 aliphatic carbocycles. The van der Waals surface area contributed by atoms with Crippen molar-refractivity contribution in [2.75, 3.05) is 12.3 Å². The standard InChI is InChI=1S/C12H24N2O2S/c13-12(7-3-1-2-4-8-12)10-14-17(15,16)9-11-5-6-11/h11,14H,1-10,13H2. The zero-order valence-corrected chi connectivity index (χ0v) is 11.3. The minimum atomic E-state index is -3.10. The maximum Gasteiger partial charge on any atom is 0.211 e. The molecular formula is C12H24N2O2S. The van der Waals surface area contributed by atoms with Crippen molar-refractivity contribution in [3.63, 3.8) is 0 Å². The van der Waals surface area contributed by atoms with Gasteiger partial charge in [0.1, 0.15) is 0 Å². The number of hydrogen-bond acceptors (Lipinski definition) is 3. The van der Waals surface area contributed by atoms with Gasteiger partial charge in [-0.25, -0.2) is 13.1 Å². The monoisotopic (exact) mass is 260 g/mol.